The average Bonchev–Trinajstić information content (AvgIpc) is 2.53. The summed E-state index contributed by atoms with van der Waals surface area (Å²) in [5.74, 6) is -0.0293. The molecule has 0 radical (unpaired) electrons. The Morgan fingerprint density at radius 2 is 2.20 bits per heavy atom. The Morgan fingerprint density at radius 3 is 2.73 bits per heavy atom. The third-order valence-electron chi connectivity index (χ3n) is 2.09. The van der Waals surface area contributed by atoms with Gasteiger partial charge in [-0.05, 0) is 46.6 Å². The van der Waals surface area contributed by atoms with Crippen LogP contribution in [0.3, 0.4) is 0 Å². The van der Waals surface area contributed by atoms with Crippen LogP contribution in [-0.4, -0.2) is 5.16 Å². The zero-order valence-electron chi connectivity index (χ0n) is 7.92. The van der Waals surface area contributed by atoms with Crippen molar-refractivity contribution in [3.05, 3.63) is 34.1 Å². The molecule has 2 rings (SSSR count). The highest BCUT2D eigenvalue weighted by molar-refractivity contribution is 9.10. The summed E-state index contributed by atoms with van der Waals surface area (Å²) in [6.07, 6.45) is 0. The van der Waals surface area contributed by atoms with Gasteiger partial charge in [0.15, 0.2) is 0 Å². The molecule has 0 saturated heterocycles. The molecule has 1 aromatic heterocycles. The molecule has 3 nitrogen and oxygen atoms in total. The van der Waals surface area contributed by atoms with E-state index >= 15 is 0 Å². The van der Waals surface area contributed by atoms with Gasteiger partial charge >= 0.3 is 0 Å². The van der Waals surface area contributed by atoms with Crippen molar-refractivity contribution in [3.63, 3.8) is 0 Å². The fraction of sp³-hybridized carbons (Fsp3) is 0.100. The molecule has 2 aromatic rings. The molecule has 0 bridgehead atoms. The van der Waals surface area contributed by atoms with Crippen molar-refractivity contribution in [2.75, 3.05) is 5.73 Å². The van der Waals surface area contributed by atoms with Crippen molar-refractivity contribution in [2.45, 2.75) is 6.92 Å². The van der Waals surface area contributed by atoms with Crippen molar-refractivity contribution in [1.82, 2.24) is 5.16 Å². The molecule has 1 heterocycles. The second-order valence-corrected chi connectivity index (χ2v) is 3.97. The first-order valence-corrected chi connectivity index (χ1v) is 5.06. The molecule has 2 N–H and O–H groups in total. The van der Waals surface area contributed by atoms with E-state index in [0.29, 0.717) is 15.7 Å². The van der Waals surface area contributed by atoms with Crippen molar-refractivity contribution in [2.24, 2.45) is 0 Å². The number of aromatic nitrogens is 1. The Kier molecular flexibility index (Phi) is 2.48. The second-order valence-electron chi connectivity index (χ2n) is 3.17. The summed E-state index contributed by atoms with van der Waals surface area (Å²) in [6.45, 7) is 1.69. The minimum absolute atomic E-state index is 0.215. The SMILES string of the molecule is Cc1cc(-c2noc(N)c2Br)ccc1F. The summed E-state index contributed by atoms with van der Waals surface area (Å²) in [6, 6.07) is 4.71. The molecule has 78 valence electrons. The number of benzene rings is 1. The minimum Gasteiger partial charge on any atom is -0.367 e. The Hall–Kier alpha value is -1.36. The van der Waals surface area contributed by atoms with E-state index in [4.69, 9.17) is 10.3 Å². The zero-order chi connectivity index (χ0) is 11.0. The van der Waals surface area contributed by atoms with Crippen LogP contribution in [0.4, 0.5) is 10.3 Å². The zero-order valence-corrected chi connectivity index (χ0v) is 9.51. The third-order valence-corrected chi connectivity index (χ3v) is 2.86. The van der Waals surface area contributed by atoms with Crippen LogP contribution in [0, 0.1) is 12.7 Å². The number of nitrogen functional groups attached to an aromatic ring is 1. The highest BCUT2D eigenvalue weighted by Gasteiger charge is 2.13. The van der Waals surface area contributed by atoms with Gasteiger partial charge in [-0.3, -0.25) is 0 Å². The molecule has 0 amide bonds. The van der Waals surface area contributed by atoms with Crippen LogP contribution < -0.4 is 5.73 Å². The van der Waals surface area contributed by atoms with Crippen LogP contribution in [0.25, 0.3) is 11.3 Å². The maximum absolute atomic E-state index is 13.0. The number of hydrogen-bond donors (Lipinski definition) is 1. The molecule has 0 saturated carbocycles. The predicted molar refractivity (Wildman–Crippen MR) is 58.7 cm³/mol. The maximum atomic E-state index is 13.0. The number of nitrogens with two attached hydrogens (primary N) is 1. The molecule has 0 fully saturated rings. The van der Waals surface area contributed by atoms with E-state index in [1.165, 1.54) is 6.07 Å². The van der Waals surface area contributed by atoms with Gasteiger partial charge in [-0.1, -0.05) is 5.16 Å². The van der Waals surface area contributed by atoms with Gasteiger partial charge in [0.2, 0.25) is 5.88 Å². The normalized spacial score (nSPS) is 10.6. The average molecular weight is 271 g/mol. The molecule has 0 unspecified atom stereocenters. The minimum atomic E-state index is -0.244. The van der Waals surface area contributed by atoms with E-state index < -0.39 is 0 Å². The summed E-state index contributed by atoms with van der Waals surface area (Å²) in [5, 5.41) is 3.79. The van der Waals surface area contributed by atoms with Gasteiger partial charge in [0, 0.05) is 5.56 Å². The van der Waals surface area contributed by atoms with Crippen molar-refractivity contribution >= 4 is 21.8 Å². The first-order valence-electron chi connectivity index (χ1n) is 4.26. The van der Waals surface area contributed by atoms with Gasteiger partial charge < -0.3 is 10.3 Å². The van der Waals surface area contributed by atoms with E-state index in [2.05, 4.69) is 21.1 Å². The lowest BCUT2D eigenvalue weighted by molar-refractivity contribution is 0.439. The van der Waals surface area contributed by atoms with Crippen LogP contribution in [0.5, 0.6) is 0 Å². The van der Waals surface area contributed by atoms with Gasteiger partial charge in [-0.25, -0.2) is 4.39 Å². The molecule has 1 aromatic carbocycles. The molecule has 0 aliphatic heterocycles. The van der Waals surface area contributed by atoms with E-state index in [9.17, 15) is 4.39 Å². The lowest BCUT2D eigenvalue weighted by Gasteiger charge is -1.99. The largest absolute Gasteiger partial charge is 0.367 e. The number of aryl methyl sites for hydroxylation is 1. The smallest absolute Gasteiger partial charge is 0.237 e. The fourth-order valence-corrected chi connectivity index (χ4v) is 1.64. The molecule has 0 spiro atoms. The Bertz CT molecular complexity index is 510. The number of nitrogens with zero attached hydrogens (tertiary/aromatic N) is 1. The second kappa shape index (κ2) is 3.66. The van der Waals surface area contributed by atoms with E-state index in [1.54, 1.807) is 19.1 Å². The first-order chi connectivity index (χ1) is 7.09. The van der Waals surface area contributed by atoms with Gasteiger partial charge in [0.05, 0.1) is 0 Å². The van der Waals surface area contributed by atoms with Crippen molar-refractivity contribution in [3.8, 4) is 11.3 Å². The van der Waals surface area contributed by atoms with Gasteiger partial charge in [0.25, 0.3) is 0 Å². The van der Waals surface area contributed by atoms with Crippen LogP contribution in [0.2, 0.25) is 0 Å². The Balaban J connectivity index is 2.55. The quantitative estimate of drug-likeness (QED) is 0.866. The third kappa shape index (κ3) is 1.74. The molecule has 0 aliphatic rings. The van der Waals surface area contributed by atoms with E-state index in [0.717, 1.165) is 5.56 Å². The molecule has 0 aliphatic carbocycles. The van der Waals surface area contributed by atoms with Gasteiger partial charge in [-0.15, -0.1) is 0 Å². The van der Waals surface area contributed by atoms with Crippen molar-refractivity contribution < 1.29 is 8.91 Å². The molecule has 0 atom stereocenters. The highest BCUT2D eigenvalue weighted by atomic mass is 79.9. The van der Waals surface area contributed by atoms with Gasteiger partial charge in [-0.2, -0.15) is 0 Å². The Labute approximate surface area is 94.2 Å². The monoisotopic (exact) mass is 270 g/mol. The molecule has 5 heteroatoms. The maximum Gasteiger partial charge on any atom is 0.237 e. The van der Waals surface area contributed by atoms with Crippen LogP contribution in [0.1, 0.15) is 5.56 Å². The van der Waals surface area contributed by atoms with Crippen LogP contribution >= 0.6 is 15.9 Å². The van der Waals surface area contributed by atoms with Crippen LogP contribution in [0.15, 0.2) is 27.2 Å². The van der Waals surface area contributed by atoms with Crippen LogP contribution in [-0.2, 0) is 0 Å². The number of halogens is 2. The summed E-state index contributed by atoms with van der Waals surface area (Å²) in [7, 11) is 0. The molecular formula is C10H8BrFN2O. The first kappa shape index (κ1) is 10.2. The van der Waals surface area contributed by atoms with E-state index in [-0.39, 0.29) is 11.7 Å². The lowest BCUT2D eigenvalue weighted by atomic mass is 10.1. The fourth-order valence-electron chi connectivity index (χ4n) is 1.26. The summed E-state index contributed by atoms with van der Waals surface area (Å²) in [4.78, 5) is 0. The number of hydrogen-bond acceptors (Lipinski definition) is 3. The van der Waals surface area contributed by atoms with E-state index in [1.807, 2.05) is 0 Å². The molecular weight excluding hydrogens is 263 g/mol. The summed E-state index contributed by atoms with van der Waals surface area (Å²) in [5.41, 5.74) is 7.40. The number of anilines is 1. The Morgan fingerprint density at radius 1 is 1.47 bits per heavy atom. The topological polar surface area (TPSA) is 52.0 Å². The summed E-state index contributed by atoms with van der Waals surface area (Å²) >= 11 is 3.25. The predicted octanol–water partition coefficient (Wildman–Crippen LogP) is 3.13. The van der Waals surface area contributed by atoms with Crippen molar-refractivity contribution in [1.29, 1.82) is 0 Å². The highest BCUT2D eigenvalue weighted by Crippen LogP contribution is 2.32. The summed E-state index contributed by atoms with van der Waals surface area (Å²) < 4.78 is 18.4. The van der Waals surface area contributed by atoms with Gasteiger partial charge in [0.1, 0.15) is 16.0 Å². The standard InChI is InChI=1S/C10H8BrFN2O/c1-5-4-6(2-3-7(5)12)9-8(11)10(13)15-14-9/h2-4H,13H2,1H3. The number of rotatable bonds is 1. The lowest BCUT2D eigenvalue weighted by Crippen LogP contribution is -1.85. The molecule has 15 heavy (non-hydrogen) atoms.